The quantitative estimate of drug-likeness (QED) is 0.865. The fraction of sp³-hybridized carbons (Fsp3) is 0.727. The van der Waals surface area contributed by atoms with E-state index in [9.17, 15) is 13.5 Å². The van der Waals surface area contributed by atoms with Crippen molar-refractivity contribution < 1.29 is 13.5 Å². The molecule has 0 amide bonds. The van der Waals surface area contributed by atoms with Crippen LogP contribution in [0.5, 0.6) is 0 Å². The molecule has 1 N–H and O–H groups in total. The Hall–Kier alpha value is -0.880. The van der Waals surface area contributed by atoms with Crippen LogP contribution in [0.1, 0.15) is 32.0 Å². The first-order chi connectivity index (χ1) is 7.89. The molecule has 2 atom stereocenters. The predicted octanol–water partition coefficient (Wildman–Crippen LogP) is 0.688. The van der Waals surface area contributed by atoms with Crippen LogP contribution in [0.3, 0.4) is 0 Å². The maximum absolute atomic E-state index is 11.7. The highest BCUT2D eigenvalue weighted by Crippen LogP contribution is 2.41. The summed E-state index contributed by atoms with van der Waals surface area (Å²) in [5, 5.41) is 9.96. The standard InChI is InChI=1S/C11H18N2O3S/c1-3-13-8-7-12-10(13)11(14)6-4-5-9(11)17(2,15)16/h7-9,14H,3-6H2,1-2H3. The molecule has 2 unspecified atom stereocenters. The average Bonchev–Trinajstić information content (AvgIpc) is 2.82. The van der Waals surface area contributed by atoms with Gasteiger partial charge in [0.1, 0.15) is 11.4 Å². The molecule has 1 saturated carbocycles. The Bertz CT molecular complexity index is 509. The second-order valence-electron chi connectivity index (χ2n) is 4.67. The Morgan fingerprint density at radius 1 is 1.65 bits per heavy atom. The van der Waals surface area contributed by atoms with E-state index in [0.717, 1.165) is 0 Å². The van der Waals surface area contributed by atoms with Gasteiger partial charge in [0.05, 0.1) is 5.25 Å². The van der Waals surface area contributed by atoms with Crippen LogP contribution in [0.2, 0.25) is 0 Å². The summed E-state index contributed by atoms with van der Waals surface area (Å²) >= 11 is 0. The van der Waals surface area contributed by atoms with Gasteiger partial charge in [-0.05, 0) is 26.2 Å². The molecule has 6 heteroatoms. The van der Waals surface area contributed by atoms with Crippen LogP contribution in [0.15, 0.2) is 12.4 Å². The largest absolute Gasteiger partial charge is 0.381 e. The molecular weight excluding hydrogens is 240 g/mol. The minimum atomic E-state index is -3.26. The van der Waals surface area contributed by atoms with E-state index in [1.54, 1.807) is 12.4 Å². The number of imidazole rings is 1. The second-order valence-corrected chi connectivity index (χ2v) is 6.90. The van der Waals surface area contributed by atoms with Gasteiger partial charge in [0.25, 0.3) is 0 Å². The number of hydrogen-bond donors (Lipinski definition) is 1. The van der Waals surface area contributed by atoms with E-state index < -0.39 is 20.7 Å². The van der Waals surface area contributed by atoms with Gasteiger partial charge in [-0.15, -0.1) is 0 Å². The van der Waals surface area contributed by atoms with Crippen LogP contribution in [-0.4, -0.2) is 34.6 Å². The van der Waals surface area contributed by atoms with E-state index in [1.807, 2.05) is 11.5 Å². The molecule has 0 spiro atoms. The smallest absolute Gasteiger partial charge is 0.153 e. The van der Waals surface area contributed by atoms with Crippen molar-refractivity contribution in [2.24, 2.45) is 0 Å². The summed E-state index contributed by atoms with van der Waals surface area (Å²) in [6.07, 6.45) is 6.24. The maximum atomic E-state index is 11.7. The van der Waals surface area contributed by atoms with Gasteiger partial charge in [-0.2, -0.15) is 0 Å². The van der Waals surface area contributed by atoms with Crippen molar-refractivity contribution in [3.8, 4) is 0 Å². The first-order valence-corrected chi connectivity index (χ1v) is 7.78. The molecule has 0 saturated heterocycles. The molecule has 17 heavy (non-hydrogen) atoms. The molecule has 0 aromatic carbocycles. The van der Waals surface area contributed by atoms with Crippen LogP contribution in [0.25, 0.3) is 0 Å². The van der Waals surface area contributed by atoms with E-state index in [0.29, 0.717) is 31.6 Å². The number of hydrogen-bond acceptors (Lipinski definition) is 4. The summed E-state index contributed by atoms with van der Waals surface area (Å²) in [5.74, 6) is 0.480. The SMILES string of the molecule is CCn1ccnc1C1(O)CCCC1S(C)(=O)=O. The molecule has 96 valence electrons. The zero-order valence-electron chi connectivity index (χ0n) is 10.1. The minimum absolute atomic E-state index is 0.460. The lowest BCUT2D eigenvalue weighted by molar-refractivity contribution is 0.0348. The third-order valence-corrected chi connectivity index (χ3v) is 5.18. The van der Waals surface area contributed by atoms with Crippen LogP contribution < -0.4 is 0 Å². The topological polar surface area (TPSA) is 72.2 Å². The van der Waals surface area contributed by atoms with Gasteiger partial charge in [-0.25, -0.2) is 13.4 Å². The van der Waals surface area contributed by atoms with Gasteiger partial charge in [0.15, 0.2) is 9.84 Å². The molecule has 1 aromatic heterocycles. The van der Waals surface area contributed by atoms with Crippen molar-refractivity contribution in [3.63, 3.8) is 0 Å². The molecule has 0 radical (unpaired) electrons. The van der Waals surface area contributed by atoms with Gasteiger partial charge in [0, 0.05) is 25.2 Å². The fourth-order valence-corrected chi connectivity index (χ4v) is 4.25. The average molecular weight is 258 g/mol. The van der Waals surface area contributed by atoms with Crippen LogP contribution in [0, 0.1) is 0 Å². The van der Waals surface area contributed by atoms with Gasteiger partial charge in [-0.1, -0.05) is 0 Å². The van der Waals surface area contributed by atoms with Crippen LogP contribution in [-0.2, 0) is 22.0 Å². The minimum Gasteiger partial charge on any atom is -0.381 e. The monoisotopic (exact) mass is 258 g/mol. The number of sulfone groups is 1. The Kier molecular flexibility index (Phi) is 3.03. The van der Waals surface area contributed by atoms with E-state index in [-0.39, 0.29) is 0 Å². The molecule has 1 fully saturated rings. The van der Waals surface area contributed by atoms with E-state index in [1.165, 1.54) is 6.26 Å². The van der Waals surface area contributed by atoms with Crippen molar-refractivity contribution in [2.75, 3.05) is 6.26 Å². The zero-order valence-corrected chi connectivity index (χ0v) is 10.9. The van der Waals surface area contributed by atoms with Gasteiger partial charge in [-0.3, -0.25) is 0 Å². The van der Waals surface area contributed by atoms with Crippen LogP contribution in [0.4, 0.5) is 0 Å². The van der Waals surface area contributed by atoms with Crippen molar-refractivity contribution in [1.29, 1.82) is 0 Å². The van der Waals surface area contributed by atoms with Crippen molar-refractivity contribution in [1.82, 2.24) is 9.55 Å². The van der Waals surface area contributed by atoms with Gasteiger partial charge >= 0.3 is 0 Å². The molecular formula is C11H18N2O3S. The normalized spacial score (nSPS) is 29.7. The third-order valence-electron chi connectivity index (χ3n) is 3.52. The highest BCUT2D eigenvalue weighted by molar-refractivity contribution is 7.91. The second kappa shape index (κ2) is 4.10. The summed E-state index contributed by atoms with van der Waals surface area (Å²) in [6, 6.07) is 0. The highest BCUT2D eigenvalue weighted by Gasteiger charge is 2.50. The van der Waals surface area contributed by atoms with Gasteiger partial charge in [0.2, 0.25) is 0 Å². The highest BCUT2D eigenvalue weighted by atomic mass is 32.2. The summed E-state index contributed by atoms with van der Waals surface area (Å²) in [5.41, 5.74) is -1.33. The predicted molar refractivity (Wildman–Crippen MR) is 64.3 cm³/mol. The number of aromatic nitrogens is 2. The summed E-state index contributed by atoms with van der Waals surface area (Å²) in [4.78, 5) is 4.15. The Labute approximate surface area is 101 Å². The lowest BCUT2D eigenvalue weighted by atomic mass is 10.0. The number of rotatable bonds is 3. The molecule has 5 nitrogen and oxygen atoms in total. The molecule has 1 heterocycles. The molecule has 0 bridgehead atoms. The molecule has 0 aliphatic heterocycles. The molecule has 1 aliphatic carbocycles. The number of aryl methyl sites for hydroxylation is 1. The van der Waals surface area contributed by atoms with Crippen molar-refractivity contribution in [2.45, 2.75) is 43.6 Å². The van der Waals surface area contributed by atoms with E-state index in [4.69, 9.17) is 0 Å². The lowest BCUT2D eigenvalue weighted by Crippen LogP contribution is -2.41. The van der Waals surface area contributed by atoms with E-state index >= 15 is 0 Å². The third kappa shape index (κ3) is 1.99. The lowest BCUT2D eigenvalue weighted by Gasteiger charge is -2.28. The Morgan fingerprint density at radius 3 is 2.94 bits per heavy atom. The van der Waals surface area contributed by atoms with Gasteiger partial charge < -0.3 is 9.67 Å². The summed E-state index contributed by atoms with van der Waals surface area (Å²) in [6.45, 7) is 2.62. The summed E-state index contributed by atoms with van der Waals surface area (Å²) in [7, 11) is -3.26. The first kappa shape index (κ1) is 12.6. The molecule has 1 aliphatic rings. The first-order valence-electron chi connectivity index (χ1n) is 5.82. The van der Waals surface area contributed by atoms with Crippen molar-refractivity contribution in [3.05, 3.63) is 18.2 Å². The summed E-state index contributed by atoms with van der Waals surface area (Å²) < 4.78 is 25.3. The number of aliphatic hydroxyl groups is 1. The zero-order chi connectivity index (χ0) is 12.7. The molecule has 2 rings (SSSR count). The molecule has 1 aromatic rings. The van der Waals surface area contributed by atoms with E-state index in [2.05, 4.69) is 4.98 Å². The Balaban J connectivity index is 2.48. The van der Waals surface area contributed by atoms with Crippen molar-refractivity contribution >= 4 is 9.84 Å². The maximum Gasteiger partial charge on any atom is 0.153 e. The van der Waals surface area contributed by atoms with Crippen LogP contribution >= 0.6 is 0 Å². The Morgan fingerprint density at radius 2 is 2.35 bits per heavy atom. The fourth-order valence-electron chi connectivity index (χ4n) is 2.73. The number of nitrogens with zero attached hydrogens (tertiary/aromatic N) is 2.